The molecule has 0 saturated carbocycles. The summed E-state index contributed by atoms with van der Waals surface area (Å²) in [5.41, 5.74) is 0.586. The largest absolute Gasteiger partial charge is 0.474 e. The Hall–Kier alpha value is -2.39. The molecule has 4 rings (SSSR count). The Morgan fingerprint density at radius 2 is 1.97 bits per heavy atom. The summed E-state index contributed by atoms with van der Waals surface area (Å²) in [6.45, 7) is 3.42. The molecule has 33 heavy (non-hydrogen) atoms. The Bertz CT molecular complexity index is 1330. The van der Waals surface area contributed by atoms with E-state index in [2.05, 4.69) is 5.10 Å². The van der Waals surface area contributed by atoms with Crippen molar-refractivity contribution in [2.24, 2.45) is 0 Å². The third kappa shape index (κ3) is 5.41. The zero-order chi connectivity index (χ0) is 23.9. The average Bonchev–Trinajstić information content (AvgIpc) is 3.39. The van der Waals surface area contributed by atoms with Crippen molar-refractivity contribution >= 4 is 32.8 Å². The highest BCUT2D eigenvalue weighted by Gasteiger charge is 2.32. The summed E-state index contributed by atoms with van der Waals surface area (Å²) in [5, 5.41) is 14.6. The molecule has 1 aliphatic carbocycles. The molecule has 1 aromatic carbocycles. The van der Waals surface area contributed by atoms with Crippen molar-refractivity contribution in [3.8, 4) is 26.9 Å². The van der Waals surface area contributed by atoms with E-state index in [-0.39, 0.29) is 11.5 Å². The first kappa shape index (κ1) is 23.8. The summed E-state index contributed by atoms with van der Waals surface area (Å²) in [7, 11) is -3.30. The number of aromatic nitrogens is 2. The molecular weight excluding hydrogens is 480 g/mol. The summed E-state index contributed by atoms with van der Waals surface area (Å²) >= 11 is 8.46. The van der Waals surface area contributed by atoms with Crippen LogP contribution in [0.3, 0.4) is 0 Å². The van der Waals surface area contributed by atoms with E-state index in [0.29, 0.717) is 12.3 Å². The number of ether oxygens (including phenoxy) is 1. The number of hydrogen-bond donors (Lipinski definition) is 1. The third-order valence-electron chi connectivity index (χ3n) is 5.02. The minimum Gasteiger partial charge on any atom is -0.474 e. The number of alkyl halides is 1. The quantitative estimate of drug-likeness (QED) is 0.445. The molecule has 1 atom stereocenters. The normalized spacial score (nSPS) is 18.6. The van der Waals surface area contributed by atoms with Crippen molar-refractivity contribution in [1.82, 2.24) is 9.78 Å². The second-order valence-corrected chi connectivity index (χ2v) is 12.4. The molecule has 174 valence electrons. The Balaban J connectivity index is 1.74. The predicted molar refractivity (Wildman–Crippen MR) is 133 cm³/mol. The lowest BCUT2D eigenvalue weighted by molar-refractivity contribution is 0.0265. The van der Waals surface area contributed by atoms with E-state index in [4.69, 9.17) is 16.3 Å². The molecule has 0 amide bonds. The van der Waals surface area contributed by atoms with Gasteiger partial charge in [0.1, 0.15) is 6.61 Å². The molecule has 2 heterocycles. The molecule has 0 radical (unpaired) electrons. The van der Waals surface area contributed by atoms with Crippen LogP contribution in [-0.2, 0) is 14.8 Å². The van der Waals surface area contributed by atoms with Gasteiger partial charge in [-0.15, -0.1) is 16.4 Å². The van der Waals surface area contributed by atoms with Crippen LogP contribution in [-0.4, -0.2) is 41.8 Å². The highest BCUT2D eigenvalue weighted by molar-refractivity contribution is 7.90. The lowest BCUT2D eigenvalue weighted by Crippen LogP contribution is -2.29. The van der Waals surface area contributed by atoms with E-state index in [9.17, 15) is 13.5 Å². The van der Waals surface area contributed by atoms with E-state index < -0.39 is 20.4 Å². The summed E-state index contributed by atoms with van der Waals surface area (Å²) in [6, 6.07) is 12.6. The Morgan fingerprint density at radius 1 is 1.21 bits per heavy atom. The van der Waals surface area contributed by atoms with Crippen LogP contribution in [0.1, 0.15) is 20.3 Å². The summed E-state index contributed by atoms with van der Waals surface area (Å²) in [5.74, 6) is 0.365. The maximum atomic E-state index is 12.0. The van der Waals surface area contributed by atoms with Gasteiger partial charge < -0.3 is 9.84 Å². The summed E-state index contributed by atoms with van der Waals surface area (Å²) in [4.78, 5) is 1.22. The monoisotopic (exact) mass is 504 g/mol. The molecule has 0 aliphatic heterocycles. The third-order valence-corrected chi connectivity index (χ3v) is 7.73. The second kappa shape index (κ2) is 8.76. The fraction of sp³-hybridized carbons (Fsp3) is 0.292. The van der Waals surface area contributed by atoms with Crippen LogP contribution in [0.4, 0.5) is 0 Å². The number of halogens is 1. The van der Waals surface area contributed by atoms with Crippen molar-refractivity contribution in [1.29, 1.82) is 0 Å². The molecule has 0 fully saturated rings. The molecule has 6 nitrogen and oxygen atoms in total. The highest BCUT2D eigenvalue weighted by Crippen LogP contribution is 2.41. The average molecular weight is 505 g/mol. The fourth-order valence-corrected chi connectivity index (χ4v) is 5.35. The molecule has 0 bridgehead atoms. The van der Waals surface area contributed by atoms with Gasteiger partial charge in [0.2, 0.25) is 5.88 Å². The summed E-state index contributed by atoms with van der Waals surface area (Å²) < 4.78 is 31.4. The van der Waals surface area contributed by atoms with Crippen LogP contribution < -0.4 is 4.74 Å². The number of nitrogens with zero attached hydrogens (tertiary/aromatic N) is 2. The van der Waals surface area contributed by atoms with Gasteiger partial charge in [0.05, 0.1) is 21.1 Å². The maximum Gasteiger partial charge on any atom is 0.233 e. The zero-order valence-corrected chi connectivity index (χ0v) is 20.9. The van der Waals surface area contributed by atoms with Crippen molar-refractivity contribution in [3.63, 3.8) is 0 Å². The van der Waals surface area contributed by atoms with Crippen LogP contribution in [0, 0.1) is 0 Å². The van der Waals surface area contributed by atoms with Crippen molar-refractivity contribution in [2.45, 2.75) is 35.8 Å². The number of thiophene rings is 1. The molecule has 3 aromatic rings. The van der Waals surface area contributed by atoms with Crippen LogP contribution >= 0.6 is 22.9 Å². The van der Waals surface area contributed by atoms with Gasteiger partial charge in [-0.05, 0) is 49.8 Å². The number of aliphatic hydroxyl groups is 1. The zero-order valence-electron chi connectivity index (χ0n) is 18.5. The highest BCUT2D eigenvalue weighted by atomic mass is 35.5. The van der Waals surface area contributed by atoms with E-state index >= 15 is 0 Å². The fourth-order valence-electron chi connectivity index (χ4n) is 3.39. The van der Waals surface area contributed by atoms with Gasteiger partial charge >= 0.3 is 0 Å². The van der Waals surface area contributed by atoms with Gasteiger partial charge in [-0.2, -0.15) is 0 Å². The first-order chi connectivity index (χ1) is 15.4. The Labute approximate surface area is 202 Å². The Morgan fingerprint density at radius 3 is 2.64 bits per heavy atom. The smallest absolute Gasteiger partial charge is 0.233 e. The van der Waals surface area contributed by atoms with Gasteiger partial charge in [-0.1, -0.05) is 42.0 Å². The van der Waals surface area contributed by atoms with Gasteiger partial charge in [-0.25, -0.2) is 13.1 Å². The molecule has 0 saturated heterocycles. The van der Waals surface area contributed by atoms with E-state index in [1.54, 1.807) is 36.7 Å². The van der Waals surface area contributed by atoms with E-state index in [1.807, 2.05) is 48.6 Å². The molecule has 0 spiro atoms. The van der Waals surface area contributed by atoms with E-state index in [0.717, 1.165) is 21.0 Å². The summed E-state index contributed by atoms with van der Waals surface area (Å²) in [6.07, 6.45) is 9.44. The number of benzene rings is 1. The second-order valence-electron chi connectivity index (χ2n) is 8.65. The van der Waals surface area contributed by atoms with Gasteiger partial charge in [0.25, 0.3) is 0 Å². The molecule has 1 aliphatic rings. The van der Waals surface area contributed by atoms with Crippen molar-refractivity contribution in [3.05, 3.63) is 66.8 Å². The first-order valence-electron chi connectivity index (χ1n) is 10.3. The molecule has 9 heteroatoms. The standard InChI is InChI=1S/C24H25ClN2O4S2/c1-23(2,28)16-31-22-15-19(27(26-22)24(25)12-5-4-6-13-24)21-11-10-20(32-21)17-8-7-9-18(14-17)33(3,29)30/h4-12,14-15,28H,13,16H2,1-3H3. The molecule has 2 aromatic heterocycles. The van der Waals surface area contributed by atoms with Crippen molar-refractivity contribution < 1.29 is 18.3 Å². The molecular formula is C24H25ClN2O4S2. The number of sulfone groups is 1. The van der Waals surface area contributed by atoms with Crippen LogP contribution in [0.25, 0.3) is 21.0 Å². The number of rotatable bonds is 7. The van der Waals surface area contributed by atoms with Crippen molar-refractivity contribution in [2.75, 3.05) is 12.9 Å². The predicted octanol–water partition coefficient (Wildman–Crippen LogP) is 5.24. The Kier molecular flexibility index (Phi) is 6.30. The van der Waals surface area contributed by atoms with Gasteiger partial charge in [-0.3, -0.25) is 0 Å². The van der Waals surface area contributed by atoms with Crippen LogP contribution in [0.2, 0.25) is 0 Å². The van der Waals surface area contributed by atoms with Crippen LogP contribution in [0.5, 0.6) is 5.88 Å². The number of allylic oxidation sites excluding steroid dienone is 4. The minimum absolute atomic E-state index is 0.0858. The minimum atomic E-state index is -3.30. The van der Waals surface area contributed by atoms with Gasteiger partial charge in [0, 0.05) is 23.6 Å². The SMILES string of the molecule is CC(C)(O)COc1cc(-c2ccc(-c3cccc(S(C)(=O)=O)c3)s2)n(C2(Cl)C=CC=CC2)n1. The first-order valence-corrected chi connectivity index (χ1v) is 13.4. The lowest BCUT2D eigenvalue weighted by Gasteiger charge is -2.26. The lowest BCUT2D eigenvalue weighted by atomic mass is 10.1. The molecule has 1 N–H and O–H groups in total. The topological polar surface area (TPSA) is 81.4 Å². The van der Waals surface area contributed by atoms with Crippen LogP contribution in [0.15, 0.2) is 71.7 Å². The van der Waals surface area contributed by atoms with E-state index in [1.165, 1.54) is 17.6 Å². The van der Waals surface area contributed by atoms with Gasteiger partial charge in [0.15, 0.2) is 14.8 Å². The molecule has 1 unspecified atom stereocenters. The number of hydrogen-bond acceptors (Lipinski definition) is 6. The maximum absolute atomic E-state index is 12.0.